The molecule has 2 atom stereocenters. The molecule has 0 fully saturated rings. The quantitative estimate of drug-likeness (QED) is 0.499. The Morgan fingerprint density at radius 1 is 1.11 bits per heavy atom. The number of thiophene rings is 1. The summed E-state index contributed by atoms with van der Waals surface area (Å²) in [7, 11) is 3.99. The SMILES string of the molecule is CC(=O)Oc1ccc(C[C@@H](CNC(=O)N[C@@H](C)Cc2ccsc2)N(C)C)cc1. The molecule has 0 unspecified atom stereocenters. The Bertz CT molecular complexity index is 745. The summed E-state index contributed by atoms with van der Waals surface area (Å²) in [4.78, 5) is 25.3. The Balaban J connectivity index is 1.81. The number of ether oxygens (including phenoxy) is 1. The molecule has 28 heavy (non-hydrogen) atoms. The maximum atomic E-state index is 12.2. The second-order valence-corrected chi connectivity index (χ2v) is 7.93. The molecule has 1 aromatic carbocycles. The third-order valence-electron chi connectivity index (χ3n) is 4.38. The van der Waals surface area contributed by atoms with Gasteiger partial charge in [-0.15, -0.1) is 0 Å². The minimum atomic E-state index is -0.331. The van der Waals surface area contributed by atoms with E-state index in [1.165, 1.54) is 12.5 Å². The number of nitrogens with one attached hydrogen (secondary N) is 2. The molecule has 0 aliphatic heterocycles. The largest absolute Gasteiger partial charge is 0.427 e. The lowest BCUT2D eigenvalue weighted by molar-refractivity contribution is -0.131. The first kappa shape index (κ1) is 21.9. The van der Waals surface area contributed by atoms with E-state index in [-0.39, 0.29) is 24.1 Å². The number of rotatable bonds is 9. The fourth-order valence-corrected chi connectivity index (χ4v) is 3.55. The van der Waals surface area contributed by atoms with Gasteiger partial charge >= 0.3 is 12.0 Å². The van der Waals surface area contributed by atoms with Gasteiger partial charge in [0, 0.05) is 25.6 Å². The van der Waals surface area contributed by atoms with Crippen molar-refractivity contribution in [3.63, 3.8) is 0 Å². The lowest BCUT2D eigenvalue weighted by Gasteiger charge is -2.25. The molecule has 7 heteroatoms. The van der Waals surface area contributed by atoms with Gasteiger partial charge in [-0.25, -0.2) is 4.79 Å². The molecule has 0 bridgehead atoms. The number of amides is 2. The zero-order valence-corrected chi connectivity index (χ0v) is 17.7. The van der Waals surface area contributed by atoms with E-state index in [1.54, 1.807) is 23.5 Å². The van der Waals surface area contributed by atoms with E-state index in [0.717, 1.165) is 18.4 Å². The number of nitrogens with zero attached hydrogens (tertiary/aromatic N) is 1. The highest BCUT2D eigenvalue weighted by atomic mass is 32.1. The van der Waals surface area contributed by atoms with Gasteiger partial charge in [-0.3, -0.25) is 4.79 Å². The van der Waals surface area contributed by atoms with Crippen LogP contribution in [0.2, 0.25) is 0 Å². The summed E-state index contributed by atoms with van der Waals surface area (Å²) < 4.78 is 5.06. The molecule has 0 aliphatic rings. The molecule has 2 N–H and O–H groups in total. The van der Waals surface area contributed by atoms with Crippen LogP contribution in [0, 0.1) is 0 Å². The molecule has 0 spiro atoms. The van der Waals surface area contributed by atoms with Crippen LogP contribution >= 0.6 is 11.3 Å². The topological polar surface area (TPSA) is 70.7 Å². The van der Waals surface area contributed by atoms with Crippen LogP contribution in [0.4, 0.5) is 4.79 Å². The van der Waals surface area contributed by atoms with E-state index in [0.29, 0.717) is 12.3 Å². The lowest BCUT2D eigenvalue weighted by atomic mass is 10.0. The Morgan fingerprint density at radius 3 is 2.39 bits per heavy atom. The summed E-state index contributed by atoms with van der Waals surface area (Å²) in [6.45, 7) is 3.93. The molecule has 0 saturated carbocycles. The molecule has 0 aliphatic carbocycles. The molecule has 2 aromatic rings. The molecule has 1 heterocycles. The number of carbonyl (C=O) groups is 2. The van der Waals surface area contributed by atoms with Gasteiger partial charge in [0.1, 0.15) is 5.75 Å². The molecule has 1 aromatic heterocycles. The Morgan fingerprint density at radius 2 is 1.82 bits per heavy atom. The first-order valence-electron chi connectivity index (χ1n) is 9.32. The summed E-state index contributed by atoms with van der Waals surface area (Å²) in [6, 6.07) is 9.61. The van der Waals surface area contributed by atoms with E-state index < -0.39 is 0 Å². The number of esters is 1. The second-order valence-electron chi connectivity index (χ2n) is 7.15. The van der Waals surface area contributed by atoms with E-state index in [4.69, 9.17) is 4.74 Å². The Hall–Kier alpha value is -2.38. The maximum Gasteiger partial charge on any atom is 0.315 e. The second kappa shape index (κ2) is 10.8. The van der Waals surface area contributed by atoms with Crippen molar-refractivity contribution < 1.29 is 14.3 Å². The molecule has 2 amide bonds. The highest BCUT2D eigenvalue weighted by Gasteiger charge is 2.15. The van der Waals surface area contributed by atoms with Crippen LogP contribution in [-0.4, -0.2) is 49.6 Å². The van der Waals surface area contributed by atoms with Crippen molar-refractivity contribution in [1.82, 2.24) is 15.5 Å². The van der Waals surface area contributed by atoms with Crippen LogP contribution in [0.1, 0.15) is 25.0 Å². The molecule has 0 radical (unpaired) electrons. The van der Waals surface area contributed by atoms with Crippen molar-refractivity contribution in [2.24, 2.45) is 0 Å². The summed E-state index contributed by atoms with van der Waals surface area (Å²) in [5.41, 5.74) is 2.35. The van der Waals surface area contributed by atoms with Gasteiger partial charge in [-0.05, 0) is 73.9 Å². The van der Waals surface area contributed by atoms with Gasteiger partial charge < -0.3 is 20.3 Å². The number of benzene rings is 1. The Labute approximate surface area is 170 Å². The first-order valence-corrected chi connectivity index (χ1v) is 10.3. The highest BCUT2D eigenvalue weighted by Crippen LogP contribution is 2.14. The zero-order valence-electron chi connectivity index (χ0n) is 16.9. The van der Waals surface area contributed by atoms with Crippen LogP contribution in [0.5, 0.6) is 5.75 Å². The van der Waals surface area contributed by atoms with E-state index in [1.807, 2.05) is 38.5 Å². The molecule has 6 nitrogen and oxygen atoms in total. The van der Waals surface area contributed by atoms with Crippen LogP contribution in [0.25, 0.3) is 0 Å². The maximum absolute atomic E-state index is 12.2. The third kappa shape index (κ3) is 7.70. The van der Waals surface area contributed by atoms with Crippen LogP contribution in [-0.2, 0) is 17.6 Å². The lowest BCUT2D eigenvalue weighted by Crippen LogP contribution is -2.47. The number of hydrogen-bond acceptors (Lipinski definition) is 5. The Kier molecular flexibility index (Phi) is 8.47. The summed E-state index contributed by atoms with van der Waals surface area (Å²) in [5, 5.41) is 10.1. The van der Waals surface area contributed by atoms with Gasteiger partial charge in [-0.2, -0.15) is 11.3 Å². The summed E-state index contributed by atoms with van der Waals surface area (Å²) in [5.74, 6) is 0.206. The fourth-order valence-electron chi connectivity index (χ4n) is 2.87. The standard InChI is InChI=1S/C21H29N3O3S/c1-15(11-18-9-10-28-14-18)23-21(26)22-13-19(24(3)4)12-17-5-7-20(8-6-17)27-16(2)25/h5-10,14-15,19H,11-13H2,1-4H3,(H2,22,23,26)/t15-,19-/m0/s1. The van der Waals surface area contributed by atoms with Crippen molar-refractivity contribution >= 4 is 23.3 Å². The van der Waals surface area contributed by atoms with E-state index >= 15 is 0 Å². The number of hydrogen-bond donors (Lipinski definition) is 2. The normalized spacial score (nSPS) is 13.0. The van der Waals surface area contributed by atoms with Gasteiger partial charge in [0.25, 0.3) is 0 Å². The van der Waals surface area contributed by atoms with Gasteiger partial charge in [-0.1, -0.05) is 12.1 Å². The average molecular weight is 404 g/mol. The van der Waals surface area contributed by atoms with E-state index in [2.05, 4.69) is 27.0 Å². The molecule has 0 saturated heterocycles. The number of urea groups is 1. The van der Waals surface area contributed by atoms with E-state index in [9.17, 15) is 9.59 Å². The minimum absolute atomic E-state index is 0.0706. The van der Waals surface area contributed by atoms with Crippen molar-refractivity contribution in [3.8, 4) is 5.75 Å². The molecular formula is C21H29N3O3S. The predicted molar refractivity (Wildman–Crippen MR) is 113 cm³/mol. The van der Waals surface area contributed by atoms with Crippen molar-refractivity contribution in [2.45, 2.75) is 38.8 Å². The van der Waals surface area contributed by atoms with Crippen molar-refractivity contribution in [2.75, 3.05) is 20.6 Å². The highest BCUT2D eigenvalue weighted by molar-refractivity contribution is 7.07. The molecule has 2 rings (SSSR count). The van der Waals surface area contributed by atoms with Crippen molar-refractivity contribution in [1.29, 1.82) is 0 Å². The van der Waals surface area contributed by atoms with Crippen LogP contribution in [0.15, 0.2) is 41.1 Å². The molecular weight excluding hydrogens is 374 g/mol. The molecule has 152 valence electrons. The van der Waals surface area contributed by atoms with Gasteiger partial charge in [0.15, 0.2) is 0 Å². The van der Waals surface area contributed by atoms with Crippen molar-refractivity contribution in [3.05, 3.63) is 52.2 Å². The fraction of sp³-hybridized carbons (Fsp3) is 0.429. The minimum Gasteiger partial charge on any atom is -0.427 e. The smallest absolute Gasteiger partial charge is 0.315 e. The number of likely N-dealkylation sites (N-methyl/N-ethyl adjacent to an activating group) is 1. The van der Waals surface area contributed by atoms with Gasteiger partial charge in [0.2, 0.25) is 0 Å². The van der Waals surface area contributed by atoms with Gasteiger partial charge in [0.05, 0.1) is 0 Å². The van der Waals surface area contributed by atoms with Crippen LogP contribution < -0.4 is 15.4 Å². The monoisotopic (exact) mass is 403 g/mol. The third-order valence-corrected chi connectivity index (χ3v) is 5.12. The number of carbonyl (C=O) groups excluding carboxylic acids is 2. The predicted octanol–water partition coefficient (Wildman–Crippen LogP) is 3.08. The average Bonchev–Trinajstić information content (AvgIpc) is 3.12. The first-order chi connectivity index (χ1) is 13.3. The van der Waals surface area contributed by atoms with Crippen LogP contribution in [0.3, 0.4) is 0 Å². The summed E-state index contributed by atoms with van der Waals surface area (Å²) in [6.07, 6.45) is 1.60. The summed E-state index contributed by atoms with van der Waals surface area (Å²) >= 11 is 1.66. The zero-order chi connectivity index (χ0) is 20.5.